The highest BCUT2D eigenvalue weighted by molar-refractivity contribution is 5.81. The molecule has 1 fully saturated rings. The first kappa shape index (κ1) is 16.5. The molecule has 1 aliphatic rings. The highest BCUT2D eigenvalue weighted by Crippen LogP contribution is 2.16. The molecular formula is C20H22N6. The van der Waals surface area contributed by atoms with Crippen LogP contribution < -0.4 is 10.3 Å². The molecule has 2 aromatic carbocycles. The van der Waals surface area contributed by atoms with Crippen LogP contribution in [0.2, 0.25) is 0 Å². The van der Waals surface area contributed by atoms with Gasteiger partial charge in [0.15, 0.2) is 5.82 Å². The number of nitrogens with zero attached hydrogens (tertiary/aromatic N) is 5. The number of hydrogen-bond acceptors (Lipinski definition) is 6. The number of aromatic nitrogens is 2. The number of benzene rings is 2. The molecule has 6 nitrogen and oxygen atoms in total. The first-order valence-corrected chi connectivity index (χ1v) is 8.82. The highest BCUT2D eigenvalue weighted by atomic mass is 15.3. The summed E-state index contributed by atoms with van der Waals surface area (Å²) < 4.78 is 0. The van der Waals surface area contributed by atoms with Gasteiger partial charge in [0, 0.05) is 31.9 Å². The zero-order valence-electron chi connectivity index (χ0n) is 14.8. The Morgan fingerprint density at radius 3 is 2.46 bits per heavy atom. The number of likely N-dealkylation sites (N-methyl/N-ethyl adjacent to an activating group) is 1. The second-order valence-corrected chi connectivity index (χ2v) is 6.50. The smallest absolute Gasteiger partial charge is 0.165 e. The molecule has 0 atom stereocenters. The molecule has 1 aromatic heterocycles. The molecule has 1 aliphatic heterocycles. The Labute approximate surface area is 153 Å². The lowest BCUT2D eigenvalue weighted by Gasteiger charge is -2.34. The summed E-state index contributed by atoms with van der Waals surface area (Å²) in [4.78, 5) is 13.6. The van der Waals surface area contributed by atoms with Crippen molar-refractivity contribution in [3.63, 3.8) is 0 Å². The van der Waals surface area contributed by atoms with E-state index >= 15 is 0 Å². The van der Waals surface area contributed by atoms with Gasteiger partial charge in [0.2, 0.25) is 0 Å². The number of para-hydroxylation sites is 2. The molecule has 0 amide bonds. The van der Waals surface area contributed by atoms with Gasteiger partial charge in [-0.25, -0.2) is 4.98 Å². The maximum absolute atomic E-state index is 4.49. The Balaban J connectivity index is 1.38. The van der Waals surface area contributed by atoms with E-state index in [1.54, 1.807) is 12.4 Å². The van der Waals surface area contributed by atoms with Crippen LogP contribution in [-0.4, -0.2) is 54.3 Å². The van der Waals surface area contributed by atoms with E-state index in [0.29, 0.717) is 5.82 Å². The SMILES string of the molecule is CN1CCN(c2ccc(C=NNc3cnc4ccccc4n3)cc2)CC1. The van der Waals surface area contributed by atoms with Crippen molar-refractivity contribution in [1.29, 1.82) is 0 Å². The minimum atomic E-state index is 0.633. The van der Waals surface area contributed by atoms with E-state index in [4.69, 9.17) is 0 Å². The molecule has 26 heavy (non-hydrogen) atoms. The predicted molar refractivity (Wildman–Crippen MR) is 107 cm³/mol. The largest absolute Gasteiger partial charge is 0.369 e. The van der Waals surface area contributed by atoms with Crippen molar-refractivity contribution in [1.82, 2.24) is 14.9 Å². The van der Waals surface area contributed by atoms with Gasteiger partial charge in [-0.3, -0.25) is 10.4 Å². The zero-order valence-corrected chi connectivity index (χ0v) is 14.8. The Kier molecular flexibility index (Phi) is 4.75. The van der Waals surface area contributed by atoms with Crippen LogP contribution in [0.4, 0.5) is 11.5 Å². The average Bonchev–Trinajstić information content (AvgIpc) is 2.69. The van der Waals surface area contributed by atoms with Gasteiger partial charge in [-0.05, 0) is 36.9 Å². The highest BCUT2D eigenvalue weighted by Gasteiger charge is 2.13. The van der Waals surface area contributed by atoms with Gasteiger partial charge < -0.3 is 9.80 Å². The monoisotopic (exact) mass is 346 g/mol. The van der Waals surface area contributed by atoms with Crippen molar-refractivity contribution < 1.29 is 0 Å². The Bertz CT molecular complexity index is 898. The molecule has 0 bridgehead atoms. The maximum atomic E-state index is 4.49. The standard InChI is InChI=1S/C20H22N6/c1-25-10-12-26(13-11-25)17-8-6-16(7-9-17)14-22-24-20-15-21-18-4-2-3-5-19(18)23-20/h2-9,14-15H,10-13H2,1H3,(H,23,24). The van der Waals surface area contributed by atoms with Crippen LogP contribution in [0.3, 0.4) is 0 Å². The van der Waals surface area contributed by atoms with Crippen LogP contribution in [0, 0.1) is 0 Å². The molecule has 132 valence electrons. The van der Waals surface area contributed by atoms with E-state index in [0.717, 1.165) is 42.8 Å². The fraction of sp³-hybridized carbons (Fsp3) is 0.250. The number of hydrogen-bond donors (Lipinski definition) is 1. The number of rotatable bonds is 4. The van der Waals surface area contributed by atoms with Crippen molar-refractivity contribution in [3.05, 3.63) is 60.3 Å². The van der Waals surface area contributed by atoms with Gasteiger partial charge in [-0.1, -0.05) is 24.3 Å². The van der Waals surface area contributed by atoms with Gasteiger partial charge in [-0.15, -0.1) is 0 Å². The summed E-state index contributed by atoms with van der Waals surface area (Å²) >= 11 is 0. The van der Waals surface area contributed by atoms with Crippen molar-refractivity contribution >= 4 is 28.8 Å². The second-order valence-electron chi connectivity index (χ2n) is 6.50. The lowest BCUT2D eigenvalue weighted by Crippen LogP contribution is -2.44. The molecular weight excluding hydrogens is 324 g/mol. The molecule has 3 aromatic rings. The lowest BCUT2D eigenvalue weighted by molar-refractivity contribution is 0.313. The van der Waals surface area contributed by atoms with Gasteiger partial charge >= 0.3 is 0 Å². The van der Waals surface area contributed by atoms with E-state index in [2.05, 4.69) is 61.6 Å². The predicted octanol–water partition coefficient (Wildman–Crippen LogP) is 2.83. The van der Waals surface area contributed by atoms with Gasteiger partial charge in [-0.2, -0.15) is 5.10 Å². The molecule has 0 aliphatic carbocycles. The number of piperazine rings is 1. The third-order valence-corrected chi connectivity index (χ3v) is 4.60. The topological polar surface area (TPSA) is 56.6 Å². The third kappa shape index (κ3) is 3.81. The van der Waals surface area contributed by atoms with Gasteiger partial charge in [0.05, 0.1) is 23.4 Å². The van der Waals surface area contributed by atoms with E-state index in [1.807, 2.05) is 24.3 Å². The van der Waals surface area contributed by atoms with Crippen molar-refractivity contribution in [2.45, 2.75) is 0 Å². The molecule has 6 heteroatoms. The number of nitrogens with one attached hydrogen (secondary N) is 1. The first-order valence-electron chi connectivity index (χ1n) is 8.82. The molecule has 0 radical (unpaired) electrons. The first-order chi connectivity index (χ1) is 12.8. The quantitative estimate of drug-likeness (QED) is 0.581. The van der Waals surface area contributed by atoms with Gasteiger partial charge in [0.25, 0.3) is 0 Å². The number of anilines is 2. The molecule has 2 heterocycles. The number of hydrazone groups is 1. The van der Waals surface area contributed by atoms with E-state index < -0.39 is 0 Å². The van der Waals surface area contributed by atoms with Crippen molar-refractivity contribution in [2.75, 3.05) is 43.6 Å². The minimum Gasteiger partial charge on any atom is -0.369 e. The summed E-state index contributed by atoms with van der Waals surface area (Å²) in [5, 5.41) is 4.27. The van der Waals surface area contributed by atoms with Crippen molar-refractivity contribution in [3.8, 4) is 0 Å². The maximum Gasteiger partial charge on any atom is 0.165 e. The molecule has 1 saturated heterocycles. The molecule has 0 unspecified atom stereocenters. The van der Waals surface area contributed by atoms with Crippen LogP contribution in [0.1, 0.15) is 5.56 Å². The Morgan fingerprint density at radius 2 is 1.69 bits per heavy atom. The fourth-order valence-corrected chi connectivity index (χ4v) is 3.02. The molecule has 4 rings (SSSR count). The van der Waals surface area contributed by atoms with E-state index in [9.17, 15) is 0 Å². The molecule has 0 saturated carbocycles. The summed E-state index contributed by atoms with van der Waals surface area (Å²) in [5.41, 5.74) is 6.99. The Hall–Kier alpha value is -2.99. The van der Waals surface area contributed by atoms with Gasteiger partial charge in [0.1, 0.15) is 0 Å². The fourth-order valence-electron chi connectivity index (χ4n) is 3.02. The van der Waals surface area contributed by atoms with E-state index in [1.165, 1.54) is 5.69 Å². The summed E-state index contributed by atoms with van der Waals surface area (Å²) in [6.45, 7) is 4.37. The molecule has 0 spiro atoms. The third-order valence-electron chi connectivity index (χ3n) is 4.60. The zero-order chi connectivity index (χ0) is 17.8. The second kappa shape index (κ2) is 7.49. The Morgan fingerprint density at radius 1 is 0.962 bits per heavy atom. The summed E-state index contributed by atoms with van der Waals surface area (Å²) in [6.07, 6.45) is 3.49. The normalized spacial score (nSPS) is 15.7. The number of fused-ring (bicyclic) bond motifs is 1. The minimum absolute atomic E-state index is 0.633. The average molecular weight is 346 g/mol. The van der Waals surface area contributed by atoms with Crippen molar-refractivity contribution in [2.24, 2.45) is 5.10 Å². The van der Waals surface area contributed by atoms with Crippen LogP contribution in [0.15, 0.2) is 59.8 Å². The molecule has 1 N–H and O–H groups in total. The summed E-state index contributed by atoms with van der Waals surface area (Å²) in [6, 6.07) is 16.3. The summed E-state index contributed by atoms with van der Waals surface area (Å²) in [5.74, 6) is 0.633. The lowest BCUT2D eigenvalue weighted by atomic mass is 10.2. The van der Waals surface area contributed by atoms with Crippen LogP contribution >= 0.6 is 0 Å². The van der Waals surface area contributed by atoms with Crippen LogP contribution in [-0.2, 0) is 0 Å². The van der Waals surface area contributed by atoms with Crippen LogP contribution in [0.25, 0.3) is 11.0 Å². The van der Waals surface area contributed by atoms with E-state index in [-0.39, 0.29) is 0 Å². The summed E-state index contributed by atoms with van der Waals surface area (Å²) in [7, 11) is 2.17. The van der Waals surface area contributed by atoms with Crippen LogP contribution in [0.5, 0.6) is 0 Å².